The lowest BCUT2D eigenvalue weighted by atomic mass is 10.1. The summed E-state index contributed by atoms with van der Waals surface area (Å²) in [6.07, 6.45) is 4.47. The summed E-state index contributed by atoms with van der Waals surface area (Å²) in [5.41, 5.74) is 1.34. The molecule has 8 heteroatoms. The molecule has 0 aliphatic heterocycles. The van der Waals surface area contributed by atoms with E-state index in [2.05, 4.69) is 23.3 Å². The van der Waals surface area contributed by atoms with Crippen molar-refractivity contribution in [2.45, 2.75) is 20.3 Å². The second-order valence-corrected chi connectivity index (χ2v) is 6.71. The van der Waals surface area contributed by atoms with Crippen LogP contribution in [0.5, 0.6) is 0 Å². The molecule has 0 amide bonds. The molecule has 136 valence electrons. The highest BCUT2D eigenvalue weighted by molar-refractivity contribution is 7.20. The number of hydrogen-bond acceptors (Lipinski definition) is 8. The van der Waals surface area contributed by atoms with Crippen molar-refractivity contribution in [1.82, 2.24) is 0 Å². The number of rotatable bonds is 7. The molecule has 2 heterocycles. The van der Waals surface area contributed by atoms with E-state index in [4.69, 9.17) is 14.3 Å². The third-order valence-electron chi connectivity index (χ3n) is 3.10. The van der Waals surface area contributed by atoms with Crippen LogP contribution in [0.2, 0.25) is 0 Å². The molecule has 0 unspecified atom stereocenters. The first-order valence-corrected chi connectivity index (χ1v) is 9.24. The molecule has 0 bridgehead atoms. The van der Waals surface area contributed by atoms with E-state index < -0.39 is 0 Å². The van der Waals surface area contributed by atoms with Gasteiger partial charge in [0, 0.05) is 21.5 Å². The van der Waals surface area contributed by atoms with Gasteiger partial charge in [-0.1, -0.05) is 30.9 Å². The van der Waals surface area contributed by atoms with Gasteiger partial charge < -0.3 is 4.74 Å². The average molecular weight is 390 g/mol. The van der Waals surface area contributed by atoms with Gasteiger partial charge in [0.2, 0.25) is 0 Å². The van der Waals surface area contributed by atoms with E-state index >= 15 is 0 Å². The Morgan fingerprint density at radius 3 is 2.38 bits per heavy atom. The molecule has 2 aromatic rings. The number of carbonyl (C=O) groups is 1. The topological polar surface area (TPSA) is 85.2 Å². The van der Waals surface area contributed by atoms with Gasteiger partial charge in [-0.2, -0.15) is 9.59 Å². The molecule has 0 atom stereocenters. The number of aliphatic imine (C=N–C) groups is 2. The lowest BCUT2D eigenvalue weighted by molar-refractivity contribution is -0.191. The van der Waals surface area contributed by atoms with Gasteiger partial charge in [-0.25, -0.2) is 9.79 Å². The molecule has 0 radical (unpaired) electrons. The fraction of sp³-hybridized carbons (Fsp3) is 0.222. The molecule has 0 saturated carbocycles. The summed E-state index contributed by atoms with van der Waals surface area (Å²) >= 11 is 2.94. The van der Waals surface area contributed by atoms with E-state index in [1.807, 2.05) is 19.1 Å². The van der Waals surface area contributed by atoms with Crippen LogP contribution < -0.4 is 0 Å². The van der Waals surface area contributed by atoms with Gasteiger partial charge in [0.25, 0.3) is 0 Å². The molecular formula is C18H18N2O4S2. The summed E-state index contributed by atoms with van der Waals surface area (Å²) in [6.45, 7) is 11.4. The third-order valence-corrected chi connectivity index (χ3v) is 5.19. The maximum atomic E-state index is 12.3. The maximum Gasteiger partial charge on any atom is 0.373 e. The number of esters is 1. The predicted molar refractivity (Wildman–Crippen MR) is 106 cm³/mol. The van der Waals surface area contributed by atoms with Crippen LogP contribution in [0.25, 0.3) is 6.08 Å². The highest BCUT2D eigenvalue weighted by Gasteiger charge is 2.23. The normalized spacial score (nSPS) is 9.92. The van der Waals surface area contributed by atoms with Crippen molar-refractivity contribution in [2.75, 3.05) is 6.61 Å². The summed E-state index contributed by atoms with van der Waals surface area (Å²) < 4.78 is 5.16. The predicted octanol–water partition coefficient (Wildman–Crippen LogP) is 4.69. The quantitative estimate of drug-likeness (QED) is 0.507. The minimum absolute atomic E-state index is 0.250. The number of thiophene rings is 2. The van der Waals surface area contributed by atoms with Crippen molar-refractivity contribution < 1.29 is 19.1 Å². The van der Waals surface area contributed by atoms with Gasteiger partial charge in [-0.3, -0.25) is 4.99 Å². The fourth-order valence-electron chi connectivity index (χ4n) is 2.07. The first kappa shape index (κ1) is 21.4. The Labute approximate surface area is 159 Å². The monoisotopic (exact) mass is 390 g/mol. The van der Waals surface area contributed by atoms with Crippen molar-refractivity contribution >= 4 is 63.8 Å². The molecular weight excluding hydrogens is 372 g/mol. The minimum Gasteiger partial charge on any atom is -0.462 e. The number of ether oxygens (including phenoxy) is 1. The highest BCUT2D eigenvalue weighted by Crippen LogP contribution is 2.42. The molecule has 0 saturated heterocycles. The van der Waals surface area contributed by atoms with Gasteiger partial charge >= 0.3 is 12.1 Å². The van der Waals surface area contributed by atoms with Gasteiger partial charge in [-0.15, -0.1) is 11.3 Å². The van der Waals surface area contributed by atoms with Crippen LogP contribution in [0.1, 0.15) is 39.5 Å². The van der Waals surface area contributed by atoms with Crippen LogP contribution in [0.15, 0.2) is 28.7 Å². The van der Waals surface area contributed by atoms with Crippen LogP contribution in [0, 0.1) is 0 Å². The van der Waals surface area contributed by atoms with Gasteiger partial charge in [0.05, 0.1) is 6.61 Å². The molecule has 0 fully saturated rings. The maximum absolute atomic E-state index is 12.3. The zero-order valence-electron chi connectivity index (χ0n) is 14.5. The Bertz CT molecular complexity index is 843. The summed E-state index contributed by atoms with van der Waals surface area (Å²) in [5, 5.41) is 1.33. The molecule has 2 rings (SSSR count). The Balaban J connectivity index is 0.00000105. The van der Waals surface area contributed by atoms with Gasteiger partial charge in [0.1, 0.15) is 15.6 Å². The number of carbonyl (C=O) groups excluding carboxylic acids is 3. The van der Waals surface area contributed by atoms with Crippen LogP contribution in [0.3, 0.4) is 0 Å². The van der Waals surface area contributed by atoms with Crippen LogP contribution in [-0.2, 0) is 20.7 Å². The zero-order chi connectivity index (χ0) is 19.5. The first-order chi connectivity index (χ1) is 12.6. The van der Waals surface area contributed by atoms with Crippen molar-refractivity contribution in [1.29, 1.82) is 0 Å². The Hall–Kier alpha value is -2.67. The molecule has 2 aromatic heterocycles. The van der Waals surface area contributed by atoms with Crippen LogP contribution in [-0.4, -0.2) is 31.7 Å². The van der Waals surface area contributed by atoms with E-state index in [0.29, 0.717) is 23.6 Å². The zero-order valence-corrected chi connectivity index (χ0v) is 16.1. The lowest BCUT2D eigenvalue weighted by Crippen LogP contribution is -2.06. The van der Waals surface area contributed by atoms with E-state index in [1.165, 1.54) is 11.3 Å². The Morgan fingerprint density at radius 2 is 1.88 bits per heavy atom. The molecule has 26 heavy (non-hydrogen) atoms. The van der Waals surface area contributed by atoms with E-state index in [-0.39, 0.29) is 12.1 Å². The second-order valence-electron chi connectivity index (χ2n) is 4.58. The standard InChI is InChI=1S/C17H18N2O2S2.CO2/c1-5-11-8-9-12(22-11)10-19-16-14(17(20)21-7-3)13(6-2)15(18-4)23-16;2-1-3/h5,8-10H,1,4,6-7H2,2-3H3;. The summed E-state index contributed by atoms with van der Waals surface area (Å²) in [6, 6.07) is 3.95. The molecule has 0 aliphatic rings. The second kappa shape index (κ2) is 11.0. The third kappa shape index (κ3) is 5.42. The van der Waals surface area contributed by atoms with Gasteiger partial charge in [0.15, 0.2) is 0 Å². The van der Waals surface area contributed by atoms with Crippen LogP contribution >= 0.6 is 22.7 Å². The fourth-order valence-corrected chi connectivity index (χ4v) is 3.83. The highest BCUT2D eigenvalue weighted by atomic mass is 32.1. The molecule has 6 nitrogen and oxygen atoms in total. The Morgan fingerprint density at radius 1 is 1.23 bits per heavy atom. The first-order valence-electron chi connectivity index (χ1n) is 7.61. The van der Waals surface area contributed by atoms with Crippen molar-refractivity contribution in [3.05, 3.63) is 39.6 Å². The largest absolute Gasteiger partial charge is 0.462 e. The van der Waals surface area contributed by atoms with Crippen molar-refractivity contribution in [2.24, 2.45) is 9.98 Å². The number of hydrogen-bond donors (Lipinski definition) is 0. The molecule has 0 N–H and O–H groups in total. The van der Waals surface area contributed by atoms with E-state index in [9.17, 15) is 4.79 Å². The van der Waals surface area contributed by atoms with Crippen molar-refractivity contribution in [3.8, 4) is 0 Å². The Kier molecular flexibility index (Phi) is 9.08. The average Bonchev–Trinajstić information content (AvgIpc) is 3.24. The molecule has 0 aliphatic carbocycles. The molecule has 0 aromatic carbocycles. The minimum atomic E-state index is -0.361. The smallest absolute Gasteiger partial charge is 0.373 e. The van der Waals surface area contributed by atoms with E-state index in [1.54, 1.807) is 30.6 Å². The van der Waals surface area contributed by atoms with Crippen molar-refractivity contribution in [3.63, 3.8) is 0 Å². The van der Waals surface area contributed by atoms with Gasteiger partial charge in [-0.05, 0) is 32.2 Å². The lowest BCUT2D eigenvalue weighted by Gasteiger charge is -2.03. The summed E-state index contributed by atoms with van der Waals surface area (Å²) in [4.78, 5) is 39.1. The SMILES string of the molecule is C=Cc1ccc(C=Nc2sc(N=C)c(CC)c2C(=O)OCC)s1.O=C=O. The number of nitrogens with zero attached hydrogens (tertiary/aromatic N) is 2. The van der Waals surface area contributed by atoms with Crippen LogP contribution in [0.4, 0.5) is 10.0 Å². The summed E-state index contributed by atoms with van der Waals surface area (Å²) in [5.74, 6) is -0.361. The summed E-state index contributed by atoms with van der Waals surface area (Å²) in [7, 11) is 0. The molecule has 0 spiro atoms. The van der Waals surface area contributed by atoms with E-state index in [0.717, 1.165) is 20.3 Å².